The predicted molar refractivity (Wildman–Crippen MR) is 168 cm³/mol. The first kappa shape index (κ1) is 31.7. The molecule has 0 unspecified atom stereocenters. The van der Waals surface area contributed by atoms with Gasteiger partial charge in [-0.25, -0.2) is 19.7 Å². The van der Waals surface area contributed by atoms with Crippen LogP contribution in [0.3, 0.4) is 0 Å². The number of H-pyrrole nitrogens is 1. The van der Waals surface area contributed by atoms with Crippen LogP contribution >= 0.6 is 0 Å². The second-order valence-electron chi connectivity index (χ2n) is 10.5. The molecule has 0 aliphatic rings. The van der Waals surface area contributed by atoms with Crippen LogP contribution in [0.1, 0.15) is 37.0 Å². The Hall–Kier alpha value is -5.73. The number of rotatable bonds is 12. The van der Waals surface area contributed by atoms with Crippen molar-refractivity contribution in [3.05, 3.63) is 104 Å². The number of aryl methyl sites for hydroxylation is 2. The number of anilines is 1. The molecule has 5 rings (SSSR count). The lowest BCUT2D eigenvalue weighted by molar-refractivity contribution is -0.119. The van der Waals surface area contributed by atoms with Gasteiger partial charge in [0.2, 0.25) is 17.4 Å². The van der Waals surface area contributed by atoms with Gasteiger partial charge in [0.15, 0.2) is 5.65 Å². The maximum atomic E-state index is 13.5. The van der Waals surface area contributed by atoms with Crippen LogP contribution in [0.15, 0.2) is 75.4 Å². The van der Waals surface area contributed by atoms with Crippen molar-refractivity contribution in [2.75, 3.05) is 18.0 Å². The van der Waals surface area contributed by atoms with Crippen molar-refractivity contribution >= 4 is 28.8 Å². The molecule has 0 saturated heterocycles. The molecule has 238 valence electrons. The number of halogens is 1. The summed E-state index contributed by atoms with van der Waals surface area (Å²) in [7, 11) is 0. The summed E-state index contributed by atoms with van der Waals surface area (Å²) in [6, 6.07) is 10.6. The van der Waals surface area contributed by atoms with Crippen molar-refractivity contribution in [3.8, 4) is 11.4 Å². The lowest BCUT2D eigenvalue weighted by atomic mass is 10.2. The SMILES string of the molecule is CCCn1c(=O)n(CCNC(C)=O)c(=O)c2[nH]c(-c3ccc(N(CCCn4ccccc4=O)C(=O)c4ccc(F)nc4)nc3)nc21. The molecule has 2 amide bonds. The maximum Gasteiger partial charge on any atom is 0.332 e. The maximum absolute atomic E-state index is 13.5. The van der Waals surface area contributed by atoms with Crippen molar-refractivity contribution in [1.82, 2.24) is 39.0 Å². The van der Waals surface area contributed by atoms with Gasteiger partial charge in [-0.05, 0) is 43.2 Å². The molecule has 0 atom stereocenters. The van der Waals surface area contributed by atoms with E-state index in [1.165, 1.54) is 39.3 Å². The van der Waals surface area contributed by atoms with E-state index in [-0.39, 0.29) is 53.6 Å². The van der Waals surface area contributed by atoms with E-state index in [0.29, 0.717) is 37.3 Å². The van der Waals surface area contributed by atoms with Crippen LogP contribution < -0.4 is 27.0 Å². The monoisotopic (exact) mass is 629 g/mol. The normalized spacial score (nSPS) is 11.1. The number of hydrogen-bond donors (Lipinski definition) is 2. The topological polar surface area (TPSA) is 170 Å². The van der Waals surface area contributed by atoms with Gasteiger partial charge in [0.05, 0.1) is 5.56 Å². The third-order valence-corrected chi connectivity index (χ3v) is 7.21. The van der Waals surface area contributed by atoms with Gasteiger partial charge in [-0.1, -0.05) is 13.0 Å². The van der Waals surface area contributed by atoms with Gasteiger partial charge >= 0.3 is 5.69 Å². The smallest absolute Gasteiger partial charge is 0.332 e. The summed E-state index contributed by atoms with van der Waals surface area (Å²) < 4.78 is 17.5. The quantitative estimate of drug-likeness (QED) is 0.197. The van der Waals surface area contributed by atoms with E-state index >= 15 is 0 Å². The van der Waals surface area contributed by atoms with Gasteiger partial charge in [0.25, 0.3) is 11.5 Å². The lowest BCUT2D eigenvalue weighted by Gasteiger charge is -2.22. The highest BCUT2D eigenvalue weighted by atomic mass is 19.1. The number of imidazole rings is 1. The molecule has 0 aliphatic carbocycles. The van der Waals surface area contributed by atoms with E-state index in [9.17, 15) is 28.4 Å². The minimum Gasteiger partial charge on any atom is -0.355 e. The minimum atomic E-state index is -0.719. The first-order valence-corrected chi connectivity index (χ1v) is 14.7. The third kappa shape index (κ3) is 6.82. The van der Waals surface area contributed by atoms with Crippen LogP contribution in [0, 0.1) is 5.95 Å². The zero-order valence-corrected chi connectivity index (χ0v) is 25.3. The zero-order chi connectivity index (χ0) is 32.8. The number of nitrogens with zero attached hydrogens (tertiary/aromatic N) is 7. The molecule has 0 spiro atoms. The van der Waals surface area contributed by atoms with Crippen molar-refractivity contribution < 1.29 is 14.0 Å². The molecule has 2 N–H and O–H groups in total. The predicted octanol–water partition coefficient (Wildman–Crippen LogP) is 1.93. The average Bonchev–Trinajstić information content (AvgIpc) is 3.50. The molecule has 0 fully saturated rings. The van der Waals surface area contributed by atoms with Crippen molar-refractivity contribution in [1.29, 1.82) is 0 Å². The zero-order valence-electron chi connectivity index (χ0n) is 25.3. The van der Waals surface area contributed by atoms with Crippen molar-refractivity contribution in [3.63, 3.8) is 0 Å². The molecule has 0 aromatic carbocycles. The fourth-order valence-corrected chi connectivity index (χ4v) is 4.98. The van der Waals surface area contributed by atoms with E-state index in [0.717, 1.165) is 16.8 Å². The van der Waals surface area contributed by atoms with E-state index < -0.39 is 23.1 Å². The Morgan fingerprint density at radius 1 is 0.978 bits per heavy atom. The first-order chi connectivity index (χ1) is 22.2. The number of nitrogens with one attached hydrogen (secondary N) is 2. The second-order valence-corrected chi connectivity index (χ2v) is 10.5. The Morgan fingerprint density at radius 2 is 1.80 bits per heavy atom. The number of carbonyl (C=O) groups is 2. The standard InChI is InChI=1S/C31H32FN9O5/c1-3-13-40-28-26(30(45)41(31(40)46)17-12-33-20(2)42)36-27(37-28)21-9-11-24(35-18-21)39(29(44)22-8-10-23(32)34-19-22)16-6-15-38-14-5-4-7-25(38)43/h4-5,7-11,14,18-19H,3,6,12-13,15-17H2,1-2H3,(H,33,42)(H,36,37). The molecule has 5 aromatic rings. The van der Waals surface area contributed by atoms with Crippen LogP contribution in [0.25, 0.3) is 22.6 Å². The Kier molecular flexibility index (Phi) is 9.59. The van der Waals surface area contributed by atoms with Gasteiger partial charge in [-0.15, -0.1) is 0 Å². The third-order valence-electron chi connectivity index (χ3n) is 7.21. The van der Waals surface area contributed by atoms with Gasteiger partial charge in [0.1, 0.15) is 17.2 Å². The van der Waals surface area contributed by atoms with Gasteiger partial charge in [-0.2, -0.15) is 4.39 Å². The summed E-state index contributed by atoms with van der Waals surface area (Å²) in [6.07, 6.45) is 5.32. The number of fused-ring (bicyclic) bond motifs is 1. The molecule has 15 heteroatoms. The number of hydrogen-bond acceptors (Lipinski definition) is 8. The number of amides is 2. The second kappa shape index (κ2) is 13.9. The summed E-state index contributed by atoms with van der Waals surface area (Å²) in [5, 5.41) is 2.59. The summed E-state index contributed by atoms with van der Waals surface area (Å²) in [5.74, 6) is -0.870. The molecule has 5 heterocycles. The Balaban J connectivity index is 1.46. The number of aromatic nitrogens is 7. The molecule has 0 radical (unpaired) electrons. The van der Waals surface area contributed by atoms with E-state index in [1.807, 2.05) is 6.92 Å². The Morgan fingerprint density at radius 3 is 2.48 bits per heavy atom. The summed E-state index contributed by atoms with van der Waals surface area (Å²) >= 11 is 0. The van der Waals surface area contributed by atoms with E-state index in [2.05, 4.69) is 25.3 Å². The van der Waals surface area contributed by atoms with E-state index in [4.69, 9.17) is 0 Å². The summed E-state index contributed by atoms with van der Waals surface area (Å²) in [6.45, 7) is 4.22. The van der Waals surface area contributed by atoms with E-state index in [1.54, 1.807) is 30.5 Å². The van der Waals surface area contributed by atoms with Crippen LogP contribution in [-0.4, -0.2) is 58.5 Å². The van der Waals surface area contributed by atoms with Gasteiger partial charge < -0.3 is 14.9 Å². The Labute approximate surface area is 261 Å². The lowest BCUT2D eigenvalue weighted by Crippen LogP contribution is -2.42. The molecular weight excluding hydrogens is 597 g/mol. The van der Waals surface area contributed by atoms with Crippen LogP contribution in [-0.2, 0) is 24.4 Å². The van der Waals surface area contributed by atoms with Gasteiger partial charge in [-0.3, -0.25) is 33.2 Å². The fourth-order valence-electron chi connectivity index (χ4n) is 4.98. The first-order valence-electron chi connectivity index (χ1n) is 14.7. The highest BCUT2D eigenvalue weighted by Crippen LogP contribution is 2.22. The fraction of sp³-hybridized carbons (Fsp3) is 0.290. The molecule has 0 aliphatic heterocycles. The number of pyridine rings is 3. The number of aromatic amines is 1. The highest BCUT2D eigenvalue weighted by Gasteiger charge is 2.21. The minimum absolute atomic E-state index is 0.00610. The summed E-state index contributed by atoms with van der Waals surface area (Å²) in [5.41, 5.74) is -0.284. The largest absolute Gasteiger partial charge is 0.355 e. The molecular formula is C31H32FN9O5. The van der Waals surface area contributed by atoms with Crippen molar-refractivity contribution in [2.45, 2.75) is 46.3 Å². The molecule has 5 aromatic heterocycles. The molecule has 46 heavy (non-hydrogen) atoms. The average molecular weight is 630 g/mol. The molecule has 0 bridgehead atoms. The van der Waals surface area contributed by atoms with Gasteiger partial charge in [0, 0.05) is 69.9 Å². The Bertz CT molecular complexity index is 2050. The van der Waals surface area contributed by atoms with Crippen LogP contribution in [0.5, 0.6) is 0 Å². The number of carbonyl (C=O) groups excluding carboxylic acids is 2. The molecule has 0 saturated carbocycles. The van der Waals surface area contributed by atoms with Crippen LogP contribution in [0.2, 0.25) is 0 Å². The van der Waals surface area contributed by atoms with Crippen molar-refractivity contribution in [2.24, 2.45) is 0 Å². The highest BCUT2D eigenvalue weighted by molar-refractivity contribution is 6.05. The summed E-state index contributed by atoms with van der Waals surface area (Å²) in [4.78, 5) is 80.5. The molecule has 14 nitrogen and oxygen atoms in total. The van der Waals surface area contributed by atoms with Crippen LogP contribution in [0.4, 0.5) is 10.2 Å².